The van der Waals surface area contributed by atoms with Crippen LogP contribution in [0.3, 0.4) is 0 Å². The molecule has 0 spiro atoms. The molecule has 3 heterocycles. The van der Waals surface area contributed by atoms with Gasteiger partial charge in [-0.05, 0) is 75.3 Å². The zero-order chi connectivity index (χ0) is 24.5. The Hall–Kier alpha value is -2.98. The van der Waals surface area contributed by atoms with E-state index in [9.17, 15) is 23.8 Å². The predicted molar refractivity (Wildman–Crippen MR) is 125 cm³/mol. The summed E-state index contributed by atoms with van der Waals surface area (Å²) in [5.41, 5.74) is 0.252. The van der Waals surface area contributed by atoms with Crippen molar-refractivity contribution in [3.05, 3.63) is 52.8 Å². The average molecular weight is 489 g/mol. The fraction of sp³-hybridized carbons (Fsp3) is 0.417. The Morgan fingerprint density at radius 2 is 1.91 bits per heavy atom. The van der Waals surface area contributed by atoms with E-state index in [2.05, 4.69) is 20.3 Å². The molecule has 1 aliphatic rings. The summed E-state index contributed by atoms with van der Waals surface area (Å²) in [6.07, 6.45) is 2.74. The number of aliphatic hydroxyl groups is 1. The number of aromatic nitrogens is 3. The quantitative estimate of drug-likeness (QED) is 0.392. The van der Waals surface area contributed by atoms with E-state index >= 15 is 0 Å². The van der Waals surface area contributed by atoms with E-state index in [0.29, 0.717) is 42.2 Å². The largest absolute Gasteiger partial charge is 0.481 e. The summed E-state index contributed by atoms with van der Waals surface area (Å²) in [6, 6.07) is 6.23. The summed E-state index contributed by atoms with van der Waals surface area (Å²) in [4.78, 5) is 25.1. The van der Waals surface area contributed by atoms with Gasteiger partial charge in [0.25, 0.3) is 6.43 Å². The van der Waals surface area contributed by atoms with Crippen LogP contribution in [0.2, 0.25) is 0 Å². The minimum absolute atomic E-state index is 0.0713. The molecule has 0 saturated heterocycles. The van der Waals surface area contributed by atoms with E-state index < -0.39 is 18.0 Å². The maximum Gasteiger partial charge on any atom is 0.306 e. The van der Waals surface area contributed by atoms with Crippen molar-refractivity contribution < 1.29 is 23.8 Å². The van der Waals surface area contributed by atoms with Crippen molar-refractivity contribution in [1.82, 2.24) is 15.0 Å². The number of carbonyl (C=O) groups is 1. The van der Waals surface area contributed by atoms with Gasteiger partial charge in [0, 0.05) is 18.0 Å². The van der Waals surface area contributed by atoms with Gasteiger partial charge in [-0.15, -0.1) is 11.3 Å². The Morgan fingerprint density at radius 3 is 2.59 bits per heavy atom. The number of aliphatic carboxylic acids is 1. The normalized spacial score (nSPS) is 20.2. The highest BCUT2D eigenvalue weighted by Gasteiger charge is 2.40. The molecule has 1 aliphatic carbocycles. The van der Waals surface area contributed by atoms with Crippen LogP contribution < -0.4 is 5.32 Å². The zero-order valence-electron chi connectivity index (χ0n) is 18.8. The molecule has 3 N–H and O–H groups in total. The lowest BCUT2D eigenvalue weighted by Gasteiger charge is -2.35. The first-order valence-corrected chi connectivity index (χ1v) is 11.9. The van der Waals surface area contributed by atoms with Crippen molar-refractivity contribution in [2.75, 3.05) is 5.32 Å². The van der Waals surface area contributed by atoms with Crippen LogP contribution in [-0.2, 0) is 10.4 Å². The van der Waals surface area contributed by atoms with Crippen LogP contribution in [0.5, 0.6) is 0 Å². The van der Waals surface area contributed by atoms with E-state index in [-0.39, 0.29) is 23.2 Å². The van der Waals surface area contributed by atoms with Gasteiger partial charge < -0.3 is 15.5 Å². The Labute approximate surface area is 199 Å². The monoisotopic (exact) mass is 488 g/mol. The number of nitrogens with one attached hydrogen (secondary N) is 1. The van der Waals surface area contributed by atoms with Gasteiger partial charge in [-0.1, -0.05) is 0 Å². The molecule has 0 amide bonds. The standard InChI is InChI=1S/C24H26F2N4O3S/c1-13-9-17(29-20(10-13)30-19-11-15(21(25)26)7-8-27-19)18-12-28-23(34-18)24(2,33)16-5-3-14(4-6-16)22(31)32/h7-12,14,16,21,33H,3-6H2,1-2H3,(H,31,32)(H,27,29,30)/t14-,16-,24?. The van der Waals surface area contributed by atoms with Crippen molar-refractivity contribution in [3.63, 3.8) is 0 Å². The van der Waals surface area contributed by atoms with Gasteiger partial charge >= 0.3 is 5.97 Å². The second-order valence-corrected chi connectivity index (χ2v) is 9.91. The van der Waals surface area contributed by atoms with E-state index in [1.807, 2.05) is 13.0 Å². The Bertz CT molecular complexity index is 1180. The molecule has 0 bridgehead atoms. The summed E-state index contributed by atoms with van der Waals surface area (Å²) in [5, 5.41) is 24.0. The fourth-order valence-electron chi connectivity index (χ4n) is 4.34. The molecule has 180 valence electrons. The third-order valence-electron chi connectivity index (χ3n) is 6.32. The number of hydrogen-bond donors (Lipinski definition) is 3. The third kappa shape index (κ3) is 5.23. The number of hydrogen-bond acceptors (Lipinski definition) is 7. The summed E-state index contributed by atoms with van der Waals surface area (Å²) in [6.45, 7) is 3.64. The van der Waals surface area contributed by atoms with Crippen LogP contribution in [0, 0.1) is 18.8 Å². The smallest absolute Gasteiger partial charge is 0.306 e. The number of thiazole rings is 1. The van der Waals surface area contributed by atoms with Crippen LogP contribution in [0.4, 0.5) is 20.4 Å². The van der Waals surface area contributed by atoms with E-state index in [1.165, 1.54) is 29.7 Å². The molecule has 1 atom stereocenters. The Kier molecular flexibility index (Phi) is 6.90. The first-order chi connectivity index (χ1) is 16.1. The maximum atomic E-state index is 13.0. The molecular weight excluding hydrogens is 462 g/mol. The number of anilines is 2. The number of halogens is 2. The molecule has 7 nitrogen and oxygen atoms in total. The number of aryl methyl sites for hydroxylation is 1. The highest BCUT2D eigenvalue weighted by molar-refractivity contribution is 7.15. The van der Waals surface area contributed by atoms with Crippen molar-refractivity contribution in [3.8, 4) is 10.6 Å². The molecule has 0 radical (unpaired) electrons. The summed E-state index contributed by atoms with van der Waals surface area (Å²) in [5.74, 6) is -0.467. The van der Waals surface area contributed by atoms with Gasteiger partial charge in [0.2, 0.25) is 0 Å². The van der Waals surface area contributed by atoms with Crippen LogP contribution in [0.15, 0.2) is 36.7 Å². The van der Waals surface area contributed by atoms with Crippen LogP contribution in [-0.4, -0.2) is 31.1 Å². The van der Waals surface area contributed by atoms with Crippen molar-refractivity contribution in [2.45, 2.75) is 51.6 Å². The molecule has 4 rings (SSSR count). The van der Waals surface area contributed by atoms with Crippen molar-refractivity contribution in [1.29, 1.82) is 0 Å². The Morgan fingerprint density at radius 1 is 1.18 bits per heavy atom. The third-order valence-corrected chi connectivity index (χ3v) is 7.57. The molecule has 1 saturated carbocycles. The molecule has 0 aliphatic heterocycles. The van der Waals surface area contributed by atoms with Gasteiger partial charge in [-0.3, -0.25) is 4.79 Å². The van der Waals surface area contributed by atoms with Gasteiger partial charge in [0.15, 0.2) is 0 Å². The average Bonchev–Trinajstić information content (AvgIpc) is 3.30. The van der Waals surface area contributed by atoms with Gasteiger partial charge in [0.05, 0.1) is 16.5 Å². The van der Waals surface area contributed by atoms with Gasteiger partial charge in [0.1, 0.15) is 22.2 Å². The minimum Gasteiger partial charge on any atom is -0.481 e. The van der Waals surface area contributed by atoms with Gasteiger partial charge in [-0.2, -0.15) is 0 Å². The first kappa shape index (κ1) is 24.2. The minimum atomic E-state index is -2.59. The molecule has 1 unspecified atom stereocenters. The molecule has 3 aromatic heterocycles. The number of carboxylic acid groups (broad SMARTS) is 1. The second-order valence-electron chi connectivity index (χ2n) is 8.88. The number of alkyl halides is 2. The zero-order valence-corrected chi connectivity index (χ0v) is 19.6. The number of rotatable bonds is 7. The SMILES string of the molecule is Cc1cc(Nc2cc(C(F)F)ccn2)nc(-c2cnc(C(C)(O)[C@H]3CC[C@H](C(=O)O)CC3)s2)c1. The topological polar surface area (TPSA) is 108 Å². The number of pyridine rings is 2. The molecule has 3 aromatic rings. The lowest BCUT2D eigenvalue weighted by Crippen LogP contribution is -2.35. The van der Waals surface area contributed by atoms with E-state index in [4.69, 9.17) is 0 Å². The molecular formula is C24H26F2N4O3S. The lowest BCUT2D eigenvalue weighted by molar-refractivity contribution is -0.144. The first-order valence-electron chi connectivity index (χ1n) is 11.0. The second kappa shape index (κ2) is 9.71. The molecule has 10 heteroatoms. The highest BCUT2D eigenvalue weighted by Crippen LogP contribution is 2.43. The van der Waals surface area contributed by atoms with Gasteiger partial charge in [-0.25, -0.2) is 23.7 Å². The Balaban J connectivity index is 1.54. The maximum absolute atomic E-state index is 13.0. The van der Waals surface area contributed by atoms with E-state index in [0.717, 1.165) is 10.4 Å². The van der Waals surface area contributed by atoms with Crippen molar-refractivity contribution in [2.24, 2.45) is 11.8 Å². The fourth-order valence-corrected chi connectivity index (χ4v) is 5.34. The number of carboxylic acids is 1. The molecule has 1 fully saturated rings. The molecule has 34 heavy (non-hydrogen) atoms. The summed E-state index contributed by atoms with van der Waals surface area (Å²) >= 11 is 1.34. The molecule has 0 aromatic carbocycles. The summed E-state index contributed by atoms with van der Waals surface area (Å²) < 4.78 is 26.0. The summed E-state index contributed by atoms with van der Waals surface area (Å²) in [7, 11) is 0. The number of nitrogens with zero attached hydrogens (tertiary/aromatic N) is 3. The van der Waals surface area contributed by atoms with E-state index in [1.54, 1.807) is 19.2 Å². The predicted octanol–water partition coefficient (Wildman–Crippen LogP) is 5.69. The van der Waals surface area contributed by atoms with Crippen LogP contribution >= 0.6 is 11.3 Å². The highest BCUT2D eigenvalue weighted by atomic mass is 32.1. The lowest BCUT2D eigenvalue weighted by atomic mass is 9.74. The van der Waals surface area contributed by atoms with Crippen LogP contribution in [0.25, 0.3) is 10.6 Å². The van der Waals surface area contributed by atoms with Crippen LogP contribution in [0.1, 0.15) is 55.2 Å². The van der Waals surface area contributed by atoms with Crippen molar-refractivity contribution >= 4 is 28.9 Å².